The Hall–Kier alpha value is -1.43. The molecule has 0 saturated heterocycles. The zero-order chi connectivity index (χ0) is 19.3. The molecule has 0 nitrogen and oxygen atoms in total. The summed E-state index contributed by atoms with van der Waals surface area (Å²) in [4.78, 5) is 0. The van der Waals surface area contributed by atoms with E-state index in [0.717, 1.165) is 6.42 Å². The van der Waals surface area contributed by atoms with Crippen LogP contribution in [0.3, 0.4) is 0 Å². The molecule has 0 atom stereocenters. The van der Waals surface area contributed by atoms with Gasteiger partial charge in [-0.2, -0.15) is 0 Å². The van der Waals surface area contributed by atoms with E-state index in [9.17, 15) is 51.8 Å². The lowest BCUT2D eigenvalue weighted by molar-refractivity contribution is 0.366. The summed E-state index contributed by atoms with van der Waals surface area (Å²) in [5, 5.41) is 0. The van der Waals surface area contributed by atoms with Crippen LogP contribution >= 0.6 is 0 Å². The van der Waals surface area contributed by atoms with Crippen molar-refractivity contribution in [3.8, 4) is 0 Å². The van der Waals surface area contributed by atoms with Crippen LogP contribution in [0.25, 0.3) is 0 Å². The fourth-order valence-corrected chi connectivity index (χ4v) is 0.714. The van der Waals surface area contributed by atoms with Gasteiger partial charge in [-0.05, 0) is 12.0 Å². The van der Waals surface area contributed by atoms with Crippen LogP contribution in [0, 0.1) is 0 Å². The van der Waals surface area contributed by atoms with Crippen molar-refractivity contribution in [3.63, 3.8) is 0 Å². The third-order valence-corrected chi connectivity index (χ3v) is 1.25. The maximum absolute atomic E-state index is 9.75. The minimum atomic E-state index is -6.00. The van der Waals surface area contributed by atoms with E-state index in [2.05, 4.69) is 31.2 Å². The summed E-state index contributed by atoms with van der Waals surface area (Å²) in [7, 11) is -18.0. The van der Waals surface area contributed by atoms with E-state index >= 15 is 0 Å². The molecule has 0 bridgehead atoms. The first-order valence-electron chi connectivity index (χ1n) is 5.59. The zero-order valence-corrected chi connectivity index (χ0v) is 11.4. The number of hydrogen-bond donors (Lipinski definition) is 0. The van der Waals surface area contributed by atoms with Crippen LogP contribution in [0.4, 0.5) is 51.8 Å². The first-order valence-corrected chi connectivity index (χ1v) is 5.59. The molecule has 1 aromatic rings. The predicted octanol–water partition coefficient (Wildman–Crippen LogP) is 6.15. The highest BCUT2D eigenvalue weighted by atomic mass is 19.5. The highest BCUT2D eigenvalue weighted by Gasteiger charge is 2.21. The highest BCUT2D eigenvalue weighted by Crippen LogP contribution is 2.07. The number of benzene rings is 1. The topological polar surface area (TPSA) is 0 Å². The molecule has 138 valence electrons. The number of halogens is 12. The number of aryl methyl sites for hydroxylation is 1. The van der Waals surface area contributed by atoms with Crippen LogP contribution in [0.1, 0.15) is 12.5 Å². The summed E-state index contributed by atoms with van der Waals surface area (Å²) in [5.74, 6) is 0. The van der Waals surface area contributed by atoms with Crippen LogP contribution in [0.2, 0.25) is 0 Å². The van der Waals surface area contributed by atoms with E-state index in [-0.39, 0.29) is 0 Å². The van der Waals surface area contributed by atoms with Gasteiger partial charge in [0.2, 0.25) is 0 Å². The second-order valence-corrected chi connectivity index (χ2v) is 3.32. The summed E-state index contributed by atoms with van der Waals surface area (Å²) in [6.45, 7) is 2.16. The first kappa shape index (κ1) is 26.5. The van der Waals surface area contributed by atoms with E-state index in [1.165, 1.54) is 5.56 Å². The molecule has 0 aliphatic rings. The van der Waals surface area contributed by atoms with E-state index in [1.807, 2.05) is 6.07 Å². The lowest BCUT2D eigenvalue weighted by atomic mass is 10.2. The number of hydrogen-bond acceptors (Lipinski definition) is 0. The largest absolute Gasteiger partial charge is 0.673 e. The Kier molecular flexibility index (Phi) is 13.9. The van der Waals surface area contributed by atoms with Crippen molar-refractivity contribution in [1.82, 2.24) is 0 Å². The maximum atomic E-state index is 9.75. The monoisotopic (exact) mass is 367 g/mol. The minimum absolute atomic E-state index is 1.14. The lowest BCUT2D eigenvalue weighted by Gasteiger charge is -1.94. The molecule has 1 aromatic carbocycles. The van der Waals surface area contributed by atoms with E-state index < -0.39 is 21.8 Å². The lowest BCUT2D eigenvalue weighted by Crippen LogP contribution is -2.02. The first-order chi connectivity index (χ1) is 9.93. The van der Waals surface area contributed by atoms with Gasteiger partial charge in [0.05, 0.1) is 0 Å². The highest BCUT2D eigenvalue weighted by molar-refractivity contribution is 6.50. The Morgan fingerprint density at radius 3 is 0.913 bits per heavy atom. The summed E-state index contributed by atoms with van der Waals surface area (Å²) < 4.78 is 117. The van der Waals surface area contributed by atoms with Gasteiger partial charge in [-0.25, -0.2) is 0 Å². The number of rotatable bonds is 1. The van der Waals surface area contributed by atoms with Crippen molar-refractivity contribution in [2.45, 2.75) is 13.3 Å². The molecule has 0 fully saturated rings. The standard InChI is InChI=1S/C8H10.3BF4/c1-2-8-6-4-3-5-7-8;3*2-1(3,4)5/h3-7H,2H2,1H3;;;/q;3*-1. The van der Waals surface area contributed by atoms with Crippen LogP contribution in [0.5, 0.6) is 0 Å². The second kappa shape index (κ2) is 12.1. The van der Waals surface area contributed by atoms with Gasteiger partial charge in [-0.3, -0.25) is 0 Å². The minimum Gasteiger partial charge on any atom is -0.418 e. The molecule has 0 aromatic heterocycles. The third-order valence-electron chi connectivity index (χ3n) is 1.25. The summed E-state index contributed by atoms with van der Waals surface area (Å²) in [6.07, 6.45) is 1.14. The van der Waals surface area contributed by atoms with Gasteiger partial charge >= 0.3 is 21.8 Å². The Morgan fingerprint density at radius 2 is 0.783 bits per heavy atom. The molecular weight excluding hydrogens is 356 g/mol. The normalized spacial score (nSPS) is 11.0. The van der Waals surface area contributed by atoms with Crippen molar-refractivity contribution in [2.75, 3.05) is 0 Å². The van der Waals surface area contributed by atoms with Crippen LogP contribution in [-0.4, -0.2) is 21.8 Å². The molecule has 23 heavy (non-hydrogen) atoms. The summed E-state index contributed by atoms with van der Waals surface area (Å²) in [6, 6.07) is 10.5. The second-order valence-electron chi connectivity index (χ2n) is 3.32. The van der Waals surface area contributed by atoms with Crippen molar-refractivity contribution in [2.24, 2.45) is 0 Å². The van der Waals surface area contributed by atoms with Gasteiger partial charge in [0.1, 0.15) is 0 Å². The Balaban J connectivity index is -0.000000240. The van der Waals surface area contributed by atoms with E-state index in [1.54, 1.807) is 0 Å². The van der Waals surface area contributed by atoms with Crippen molar-refractivity contribution < 1.29 is 51.8 Å². The molecule has 0 spiro atoms. The van der Waals surface area contributed by atoms with E-state index in [4.69, 9.17) is 0 Å². The molecule has 0 saturated carbocycles. The Morgan fingerprint density at radius 1 is 0.565 bits per heavy atom. The molecule has 0 unspecified atom stereocenters. The third kappa shape index (κ3) is 96.5. The van der Waals surface area contributed by atoms with Crippen molar-refractivity contribution >= 4 is 21.8 Å². The van der Waals surface area contributed by atoms with Crippen molar-refractivity contribution in [1.29, 1.82) is 0 Å². The van der Waals surface area contributed by atoms with Crippen LogP contribution in [0.15, 0.2) is 30.3 Å². The van der Waals surface area contributed by atoms with Crippen molar-refractivity contribution in [3.05, 3.63) is 35.9 Å². The fraction of sp³-hybridized carbons (Fsp3) is 0.250. The molecule has 0 N–H and O–H groups in total. The average Bonchev–Trinajstić information content (AvgIpc) is 2.23. The summed E-state index contributed by atoms with van der Waals surface area (Å²) >= 11 is 0. The molecular formula is C8H10B3F12-3. The van der Waals surface area contributed by atoms with Gasteiger partial charge in [-0.1, -0.05) is 37.3 Å². The molecule has 15 heteroatoms. The van der Waals surface area contributed by atoms with Crippen LogP contribution < -0.4 is 0 Å². The quantitative estimate of drug-likeness (QED) is 0.413. The zero-order valence-electron chi connectivity index (χ0n) is 11.4. The molecule has 0 radical (unpaired) electrons. The average molecular weight is 367 g/mol. The Labute approximate surface area is 124 Å². The Bertz CT molecular complexity index is 324. The van der Waals surface area contributed by atoms with Gasteiger partial charge in [0.25, 0.3) is 0 Å². The molecule has 0 aliphatic carbocycles. The van der Waals surface area contributed by atoms with Gasteiger partial charge in [0.15, 0.2) is 0 Å². The van der Waals surface area contributed by atoms with E-state index in [0.29, 0.717) is 0 Å². The predicted molar refractivity (Wildman–Crippen MR) is 66.4 cm³/mol. The smallest absolute Gasteiger partial charge is 0.418 e. The van der Waals surface area contributed by atoms with Gasteiger partial charge < -0.3 is 51.8 Å². The molecule has 0 heterocycles. The molecule has 1 rings (SSSR count). The molecule has 0 aliphatic heterocycles. The SMILES string of the molecule is CCc1ccccc1.F[B-](F)(F)F.F[B-](F)(F)F.F[B-](F)(F)F. The van der Waals surface area contributed by atoms with Gasteiger partial charge in [0, 0.05) is 0 Å². The summed E-state index contributed by atoms with van der Waals surface area (Å²) in [5.41, 5.74) is 1.41. The maximum Gasteiger partial charge on any atom is 0.673 e. The molecule has 0 amide bonds. The van der Waals surface area contributed by atoms with Crippen LogP contribution in [-0.2, 0) is 6.42 Å². The fourth-order valence-electron chi connectivity index (χ4n) is 0.714. The van der Waals surface area contributed by atoms with Gasteiger partial charge in [-0.15, -0.1) is 0 Å².